The largest absolute Gasteiger partial charge is 0.496 e. The van der Waals surface area contributed by atoms with E-state index in [1.165, 1.54) is 0 Å². The maximum atomic E-state index is 12.3. The normalized spacial score (nSPS) is 14.5. The van der Waals surface area contributed by atoms with E-state index < -0.39 is 11.8 Å². The molecule has 0 fully saturated rings. The average molecular weight is 379 g/mol. The summed E-state index contributed by atoms with van der Waals surface area (Å²) in [7, 11) is 1.56. The zero-order valence-electron chi connectivity index (χ0n) is 15.6. The lowest BCUT2D eigenvalue weighted by atomic mass is 9.99. The van der Waals surface area contributed by atoms with E-state index in [1.807, 2.05) is 29.2 Å². The summed E-state index contributed by atoms with van der Waals surface area (Å²) in [5.41, 5.74) is 4.26. The lowest BCUT2D eigenvalue weighted by Crippen LogP contribution is -2.35. The fraction of sp³-hybridized carbons (Fsp3) is 0.286. The molecular formula is C21H21N3O4. The zero-order valence-corrected chi connectivity index (χ0v) is 15.6. The van der Waals surface area contributed by atoms with E-state index in [0.717, 1.165) is 41.8 Å². The lowest BCUT2D eigenvalue weighted by molar-refractivity contribution is -0.136. The van der Waals surface area contributed by atoms with Gasteiger partial charge in [-0.25, -0.2) is 0 Å². The van der Waals surface area contributed by atoms with Crippen molar-refractivity contribution in [2.75, 3.05) is 23.9 Å². The third-order valence-corrected chi connectivity index (χ3v) is 5.10. The van der Waals surface area contributed by atoms with Gasteiger partial charge in [0.1, 0.15) is 5.75 Å². The van der Waals surface area contributed by atoms with Crippen LogP contribution < -0.4 is 20.3 Å². The Hall–Kier alpha value is -3.35. The fourth-order valence-electron chi connectivity index (χ4n) is 3.84. The summed E-state index contributed by atoms with van der Waals surface area (Å²) in [6, 6.07) is 10.9. The van der Waals surface area contributed by atoms with Crippen LogP contribution in [-0.2, 0) is 33.8 Å². The predicted molar refractivity (Wildman–Crippen MR) is 104 cm³/mol. The molecule has 0 bridgehead atoms. The van der Waals surface area contributed by atoms with E-state index >= 15 is 0 Å². The minimum atomic E-state index is -0.737. The first-order valence-electron chi connectivity index (χ1n) is 9.24. The van der Waals surface area contributed by atoms with Gasteiger partial charge in [0.2, 0.25) is 5.91 Å². The van der Waals surface area contributed by atoms with Gasteiger partial charge in [0.25, 0.3) is 0 Å². The summed E-state index contributed by atoms with van der Waals surface area (Å²) in [5, 5.41) is 5.26. The smallest absolute Gasteiger partial charge is 0.313 e. The highest BCUT2D eigenvalue weighted by molar-refractivity contribution is 6.39. The number of nitrogens with one attached hydrogen (secondary N) is 2. The Kier molecular flexibility index (Phi) is 4.73. The Balaban J connectivity index is 1.43. The van der Waals surface area contributed by atoms with E-state index in [0.29, 0.717) is 17.9 Å². The highest BCUT2D eigenvalue weighted by Gasteiger charge is 2.32. The molecule has 0 unspecified atom stereocenters. The Morgan fingerprint density at radius 3 is 2.75 bits per heavy atom. The summed E-state index contributed by atoms with van der Waals surface area (Å²) in [4.78, 5) is 38.4. The second kappa shape index (κ2) is 7.34. The van der Waals surface area contributed by atoms with Crippen LogP contribution in [0, 0.1) is 0 Å². The second-order valence-corrected chi connectivity index (χ2v) is 6.92. The first-order chi connectivity index (χ1) is 13.6. The molecule has 2 aliphatic heterocycles. The molecule has 7 nitrogen and oxygen atoms in total. The van der Waals surface area contributed by atoms with Crippen LogP contribution in [0.3, 0.4) is 0 Å². The van der Waals surface area contributed by atoms with Crippen molar-refractivity contribution in [2.45, 2.75) is 25.8 Å². The molecule has 4 rings (SSSR count). The number of carbonyl (C=O) groups is 3. The van der Waals surface area contributed by atoms with E-state index in [1.54, 1.807) is 19.2 Å². The van der Waals surface area contributed by atoms with Crippen LogP contribution in [0.2, 0.25) is 0 Å². The highest BCUT2D eigenvalue weighted by Crippen LogP contribution is 2.38. The van der Waals surface area contributed by atoms with Crippen LogP contribution in [0.15, 0.2) is 36.4 Å². The van der Waals surface area contributed by atoms with Crippen LogP contribution in [0.5, 0.6) is 5.75 Å². The molecule has 2 aromatic rings. The number of amides is 3. The molecule has 0 saturated carbocycles. The number of aryl methyl sites for hydroxylation is 1. The fourth-order valence-corrected chi connectivity index (χ4v) is 3.84. The quantitative estimate of drug-likeness (QED) is 0.793. The molecule has 144 valence electrons. The summed E-state index contributed by atoms with van der Waals surface area (Å²) in [5.74, 6) is -0.721. The van der Waals surface area contributed by atoms with Gasteiger partial charge < -0.3 is 20.3 Å². The van der Waals surface area contributed by atoms with Gasteiger partial charge in [-0.15, -0.1) is 0 Å². The molecule has 0 atom stereocenters. The third kappa shape index (κ3) is 3.31. The van der Waals surface area contributed by atoms with Gasteiger partial charge >= 0.3 is 11.8 Å². The van der Waals surface area contributed by atoms with Crippen molar-refractivity contribution in [3.63, 3.8) is 0 Å². The van der Waals surface area contributed by atoms with Crippen molar-refractivity contribution in [2.24, 2.45) is 0 Å². The van der Waals surface area contributed by atoms with Crippen molar-refractivity contribution >= 4 is 29.1 Å². The molecule has 2 N–H and O–H groups in total. The molecule has 7 heteroatoms. The van der Waals surface area contributed by atoms with Gasteiger partial charge in [0, 0.05) is 24.3 Å². The monoisotopic (exact) mass is 379 g/mol. The minimum Gasteiger partial charge on any atom is -0.496 e. The molecule has 3 amide bonds. The maximum absolute atomic E-state index is 12.3. The number of methoxy groups -OCH3 is 1. The van der Waals surface area contributed by atoms with Gasteiger partial charge in [-0.3, -0.25) is 14.4 Å². The van der Waals surface area contributed by atoms with Gasteiger partial charge in [-0.2, -0.15) is 0 Å². The zero-order chi connectivity index (χ0) is 19.7. The van der Waals surface area contributed by atoms with Gasteiger partial charge in [0.05, 0.1) is 19.2 Å². The Morgan fingerprint density at radius 1 is 1.14 bits per heavy atom. The molecule has 2 heterocycles. The van der Waals surface area contributed by atoms with Crippen molar-refractivity contribution in [1.82, 2.24) is 5.32 Å². The molecular weight excluding hydrogens is 358 g/mol. The van der Waals surface area contributed by atoms with Gasteiger partial charge in [-0.1, -0.05) is 18.2 Å². The van der Waals surface area contributed by atoms with E-state index in [2.05, 4.69) is 10.6 Å². The number of hydrogen-bond donors (Lipinski definition) is 2. The van der Waals surface area contributed by atoms with E-state index in [-0.39, 0.29) is 12.5 Å². The SMILES string of the molecule is COc1ccccc1CNC(=O)C(=O)Nc1cc2c3c(c1)CC(=O)N3CCC2. The first kappa shape index (κ1) is 18.0. The molecule has 0 radical (unpaired) electrons. The van der Waals surface area contributed by atoms with Crippen molar-refractivity contribution in [3.8, 4) is 5.75 Å². The number of ether oxygens (including phenoxy) is 1. The minimum absolute atomic E-state index is 0.0916. The standard InChI is InChI=1S/C21H21N3O4/c1-28-17-7-3-2-5-14(17)12-22-20(26)21(27)23-16-9-13-6-4-8-24-18(25)11-15(10-16)19(13)24/h2-3,5,7,9-10H,4,6,8,11-12H2,1H3,(H,22,26)(H,23,27). The van der Waals surface area contributed by atoms with Crippen LogP contribution >= 0.6 is 0 Å². The van der Waals surface area contributed by atoms with E-state index in [4.69, 9.17) is 4.74 Å². The number of hydrogen-bond acceptors (Lipinski definition) is 4. The van der Waals surface area contributed by atoms with Crippen molar-refractivity contribution in [1.29, 1.82) is 0 Å². The number of benzene rings is 2. The number of carbonyl (C=O) groups excluding carboxylic acids is 3. The van der Waals surface area contributed by atoms with Crippen LogP contribution in [-0.4, -0.2) is 31.4 Å². The molecule has 28 heavy (non-hydrogen) atoms. The lowest BCUT2D eigenvalue weighted by Gasteiger charge is -2.26. The number of rotatable bonds is 4. The number of para-hydroxylation sites is 1. The summed E-state index contributed by atoms with van der Waals surface area (Å²) < 4.78 is 5.24. The molecule has 0 saturated heterocycles. The Morgan fingerprint density at radius 2 is 1.93 bits per heavy atom. The van der Waals surface area contributed by atoms with Gasteiger partial charge in [0.15, 0.2) is 0 Å². The van der Waals surface area contributed by atoms with Crippen LogP contribution in [0.1, 0.15) is 23.1 Å². The number of anilines is 2. The molecule has 2 aromatic carbocycles. The molecule has 0 spiro atoms. The molecule has 0 aliphatic carbocycles. The summed E-state index contributed by atoms with van der Waals surface area (Å²) >= 11 is 0. The van der Waals surface area contributed by atoms with Crippen molar-refractivity contribution in [3.05, 3.63) is 53.1 Å². The Labute approximate surface area is 162 Å². The van der Waals surface area contributed by atoms with E-state index in [9.17, 15) is 14.4 Å². The second-order valence-electron chi connectivity index (χ2n) is 6.92. The molecule has 2 aliphatic rings. The summed E-state index contributed by atoms with van der Waals surface area (Å²) in [6.07, 6.45) is 2.09. The summed E-state index contributed by atoms with van der Waals surface area (Å²) in [6.45, 7) is 0.936. The highest BCUT2D eigenvalue weighted by atomic mass is 16.5. The third-order valence-electron chi connectivity index (χ3n) is 5.10. The predicted octanol–water partition coefficient (Wildman–Crippen LogP) is 1.79. The van der Waals surface area contributed by atoms with Gasteiger partial charge in [-0.05, 0) is 42.2 Å². The first-order valence-corrected chi connectivity index (χ1v) is 9.24. The maximum Gasteiger partial charge on any atom is 0.313 e. The average Bonchev–Trinajstić information content (AvgIpc) is 3.03. The molecule has 0 aromatic heterocycles. The van der Waals surface area contributed by atoms with Crippen molar-refractivity contribution < 1.29 is 19.1 Å². The number of nitrogens with zero attached hydrogens (tertiary/aromatic N) is 1. The van der Waals surface area contributed by atoms with Crippen LogP contribution in [0.25, 0.3) is 0 Å². The topological polar surface area (TPSA) is 87.7 Å². The van der Waals surface area contributed by atoms with Crippen LogP contribution in [0.4, 0.5) is 11.4 Å². The Bertz CT molecular complexity index is 970.